The van der Waals surface area contributed by atoms with Crippen molar-refractivity contribution < 1.29 is 9.53 Å². The van der Waals surface area contributed by atoms with Crippen LogP contribution in [0.5, 0.6) is 0 Å². The summed E-state index contributed by atoms with van der Waals surface area (Å²) >= 11 is 12.9. The number of ether oxygens (including phenoxy) is 1. The van der Waals surface area contributed by atoms with Gasteiger partial charge in [-0.25, -0.2) is 9.97 Å². The van der Waals surface area contributed by atoms with Crippen LogP contribution in [0.3, 0.4) is 0 Å². The molecule has 1 aromatic carbocycles. The number of hydrogen-bond donors (Lipinski definition) is 3. The number of hydrogen-bond acceptors (Lipinski definition) is 8. The van der Waals surface area contributed by atoms with Crippen molar-refractivity contribution in [1.82, 2.24) is 19.5 Å². The lowest BCUT2D eigenvalue weighted by Crippen LogP contribution is -2.36. The number of anilines is 3. The minimum Gasteiger partial charge on any atom is -0.381 e. The Morgan fingerprint density at radius 1 is 1.19 bits per heavy atom. The zero-order valence-corrected chi connectivity index (χ0v) is 21.9. The standard InChI is InChI=1S/C25H28Cl2N8O2/c1-13-12-37-7-6-19(13)31-24-30-11-20-23(34-24)35(16-4-2-15(3-5-16)22(29)36)25(32-20)33-21-17(26)8-14(10-28)9-18(21)27/h8-9,11,13,15-16,19H,2-7,12H2,1H3,(H2,29,36)(H,32,33)(H,30,31,34)/t13-,15-,16-,19+/m1/s1. The highest BCUT2D eigenvalue weighted by atomic mass is 35.5. The summed E-state index contributed by atoms with van der Waals surface area (Å²) in [5, 5.41) is 16.6. The summed E-state index contributed by atoms with van der Waals surface area (Å²) in [5.74, 6) is 0.977. The van der Waals surface area contributed by atoms with Gasteiger partial charge >= 0.3 is 0 Å². The van der Waals surface area contributed by atoms with E-state index in [1.807, 2.05) is 4.57 Å². The van der Waals surface area contributed by atoms with Crippen LogP contribution < -0.4 is 16.4 Å². The molecule has 1 saturated carbocycles. The van der Waals surface area contributed by atoms with Crippen LogP contribution in [0.15, 0.2) is 18.3 Å². The summed E-state index contributed by atoms with van der Waals surface area (Å²) in [6.45, 7) is 3.54. The molecule has 1 amide bonds. The molecular weight excluding hydrogens is 515 g/mol. The van der Waals surface area contributed by atoms with E-state index in [4.69, 9.17) is 43.6 Å². The van der Waals surface area contributed by atoms with Crippen molar-refractivity contribution in [2.24, 2.45) is 17.6 Å². The first-order chi connectivity index (χ1) is 17.8. The van der Waals surface area contributed by atoms with Crippen LogP contribution in [-0.4, -0.2) is 44.7 Å². The molecule has 2 atom stereocenters. The topological polar surface area (TPSA) is 144 Å². The number of fused-ring (bicyclic) bond motifs is 1. The largest absolute Gasteiger partial charge is 0.381 e. The highest BCUT2D eigenvalue weighted by molar-refractivity contribution is 6.39. The van der Waals surface area contributed by atoms with Crippen molar-refractivity contribution in [2.45, 2.75) is 51.1 Å². The quantitative estimate of drug-likeness (QED) is 0.402. The molecule has 0 radical (unpaired) electrons. The molecule has 2 aromatic heterocycles. The molecule has 194 valence electrons. The Morgan fingerprint density at radius 3 is 2.57 bits per heavy atom. The number of nitrogens with one attached hydrogen (secondary N) is 2. The number of halogens is 2. The lowest BCUT2D eigenvalue weighted by Gasteiger charge is -2.30. The molecule has 0 bridgehead atoms. The smallest absolute Gasteiger partial charge is 0.224 e. The second kappa shape index (κ2) is 10.7. The predicted molar refractivity (Wildman–Crippen MR) is 142 cm³/mol. The van der Waals surface area contributed by atoms with Gasteiger partial charge in [0.1, 0.15) is 5.52 Å². The molecule has 4 N–H and O–H groups in total. The number of nitriles is 1. The van der Waals surface area contributed by atoms with E-state index in [9.17, 15) is 10.1 Å². The van der Waals surface area contributed by atoms with E-state index in [0.29, 0.717) is 76.3 Å². The number of carbonyl (C=O) groups excluding carboxylic acids is 1. The second-order valence-corrected chi connectivity index (χ2v) is 10.6. The predicted octanol–water partition coefficient (Wildman–Crippen LogP) is 4.80. The molecule has 3 aromatic rings. The summed E-state index contributed by atoms with van der Waals surface area (Å²) in [6, 6.07) is 5.40. The first-order valence-electron chi connectivity index (χ1n) is 12.4. The van der Waals surface area contributed by atoms with Crippen LogP contribution in [0.4, 0.5) is 17.6 Å². The summed E-state index contributed by atoms with van der Waals surface area (Å²) in [6.07, 6.45) is 5.44. The summed E-state index contributed by atoms with van der Waals surface area (Å²) in [5.41, 5.74) is 7.67. The zero-order chi connectivity index (χ0) is 26.1. The molecule has 0 unspecified atom stereocenters. The van der Waals surface area contributed by atoms with Gasteiger partial charge in [0.25, 0.3) is 0 Å². The van der Waals surface area contributed by atoms with Crippen molar-refractivity contribution in [3.05, 3.63) is 33.9 Å². The van der Waals surface area contributed by atoms with Crippen LogP contribution in [-0.2, 0) is 9.53 Å². The maximum atomic E-state index is 11.8. The van der Waals surface area contributed by atoms with Crippen LogP contribution in [0, 0.1) is 23.2 Å². The van der Waals surface area contributed by atoms with Crippen LogP contribution >= 0.6 is 23.2 Å². The Labute approximate surface area is 224 Å². The molecule has 1 aliphatic carbocycles. The monoisotopic (exact) mass is 542 g/mol. The average molecular weight is 543 g/mol. The minimum atomic E-state index is -0.261. The van der Waals surface area contributed by atoms with Gasteiger partial charge in [-0.2, -0.15) is 10.2 Å². The van der Waals surface area contributed by atoms with Crippen molar-refractivity contribution in [1.29, 1.82) is 5.26 Å². The van der Waals surface area contributed by atoms with Gasteiger partial charge in [0, 0.05) is 24.6 Å². The molecule has 5 rings (SSSR count). The third-order valence-corrected chi connectivity index (χ3v) is 7.86. The van der Waals surface area contributed by atoms with Crippen molar-refractivity contribution >= 4 is 57.9 Å². The fourth-order valence-corrected chi connectivity index (χ4v) is 5.72. The van der Waals surface area contributed by atoms with E-state index in [1.54, 1.807) is 18.3 Å². The molecule has 0 spiro atoms. The summed E-state index contributed by atoms with van der Waals surface area (Å²) in [4.78, 5) is 25.9. The molecule has 1 aliphatic heterocycles. The summed E-state index contributed by atoms with van der Waals surface area (Å²) < 4.78 is 7.60. The Kier molecular flexibility index (Phi) is 7.38. The van der Waals surface area contributed by atoms with E-state index in [1.165, 1.54) is 0 Å². The number of nitrogens with two attached hydrogens (primary N) is 1. The lowest BCUT2D eigenvalue weighted by molar-refractivity contribution is -0.122. The Hall–Kier alpha value is -3.13. The van der Waals surface area contributed by atoms with Gasteiger partial charge in [-0.1, -0.05) is 30.1 Å². The normalized spacial score (nSPS) is 23.9. The first kappa shape index (κ1) is 25.5. The third kappa shape index (κ3) is 5.30. The van der Waals surface area contributed by atoms with Gasteiger partial charge in [-0.15, -0.1) is 0 Å². The molecule has 2 fully saturated rings. The van der Waals surface area contributed by atoms with E-state index in [0.717, 1.165) is 19.3 Å². The average Bonchev–Trinajstić information content (AvgIpc) is 3.24. The van der Waals surface area contributed by atoms with Crippen LogP contribution in [0.25, 0.3) is 11.2 Å². The Bertz CT molecular complexity index is 1340. The molecule has 10 nitrogen and oxygen atoms in total. The van der Waals surface area contributed by atoms with Gasteiger partial charge < -0.3 is 21.1 Å². The van der Waals surface area contributed by atoms with Gasteiger partial charge in [0.05, 0.1) is 40.2 Å². The minimum absolute atomic E-state index is 0.0313. The zero-order valence-electron chi connectivity index (χ0n) is 20.4. The molecular formula is C25H28Cl2N8O2. The maximum absolute atomic E-state index is 11.8. The van der Waals surface area contributed by atoms with E-state index in [-0.39, 0.29) is 23.9 Å². The highest BCUT2D eigenvalue weighted by Gasteiger charge is 2.30. The molecule has 37 heavy (non-hydrogen) atoms. The van der Waals surface area contributed by atoms with E-state index in [2.05, 4.69) is 28.6 Å². The summed E-state index contributed by atoms with van der Waals surface area (Å²) in [7, 11) is 0. The highest BCUT2D eigenvalue weighted by Crippen LogP contribution is 2.39. The number of aromatic nitrogens is 4. The number of rotatable bonds is 6. The number of amides is 1. The number of carbonyl (C=O) groups is 1. The van der Waals surface area contributed by atoms with Crippen molar-refractivity contribution in [3.63, 3.8) is 0 Å². The number of benzene rings is 1. The van der Waals surface area contributed by atoms with Crippen molar-refractivity contribution in [3.8, 4) is 6.07 Å². The van der Waals surface area contributed by atoms with Gasteiger partial charge in [0.2, 0.25) is 17.8 Å². The van der Waals surface area contributed by atoms with Crippen LogP contribution in [0.2, 0.25) is 10.0 Å². The third-order valence-electron chi connectivity index (χ3n) is 7.26. The van der Waals surface area contributed by atoms with Gasteiger partial charge in [0.15, 0.2) is 5.65 Å². The maximum Gasteiger partial charge on any atom is 0.224 e. The first-order valence-corrected chi connectivity index (χ1v) is 13.1. The van der Waals surface area contributed by atoms with E-state index < -0.39 is 0 Å². The Balaban J connectivity index is 1.53. The second-order valence-electron chi connectivity index (χ2n) is 9.76. The Morgan fingerprint density at radius 2 is 1.92 bits per heavy atom. The fourth-order valence-electron chi connectivity index (χ4n) is 5.14. The molecule has 12 heteroatoms. The SMILES string of the molecule is C[C@@H]1COCC[C@@H]1Nc1ncc2nc(Nc3c(Cl)cc(C#N)cc3Cl)n([C@H]3CC[C@H](C(N)=O)CC3)c2n1. The fraction of sp³-hybridized carbons (Fsp3) is 0.480. The number of nitrogens with zero attached hydrogens (tertiary/aromatic N) is 5. The van der Waals surface area contributed by atoms with Crippen molar-refractivity contribution in [2.75, 3.05) is 23.8 Å². The van der Waals surface area contributed by atoms with Gasteiger partial charge in [-0.05, 0) is 50.2 Å². The molecule has 3 heterocycles. The van der Waals surface area contributed by atoms with Gasteiger partial charge in [-0.3, -0.25) is 9.36 Å². The molecule has 1 saturated heterocycles. The van der Waals surface area contributed by atoms with Crippen LogP contribution in [0.1, 0.15) is 50.6 Å². The molecule has 2 aliphatic rings. The lowest BCUT2D eigenvalue weighted by atomic mass is 9.85. The number of primary amides is 1. The van der Waals surface area contributed by atoms with E-state index >= 15 is 0 Å². The number of imidazole rings is 1.